The van der Waals surface area contributed by atoms with Crippen molar-refractivity contribution < 1.29 is 5.11 Å². The molecular weight excluding hydrogens is 196 g/mol. The molecule has 78 valence electrons. The first-order valence-electron chi connectivity index (χ1n) is 4.62. The summed E-state index contributed by atoms with van der Waals surface area (Å²) in [7, 11) is 0. The van der Waals surface area contributed by atoms with Gasteiger partial charge in [-0.1, -0.05) is 6.92 Å². The highest BCUT2D eigenvalue weighted by molar-refractivity contribution is 7.99. The molecule has 4 heteroatoms. The molecular formula is C10H16N2OS. The van der Waals surface area contributed by atoms with E-state index in [1.54, 1.807) is 18.0 Å². The van der Waals surface area contributed by atoms with Crippen LogP contribution in [-0.4, -0.2) is 21.9 Å². The molecule has 2 unspecified atom stereocenters. The van der Waals surface area contributed by atoms with Gasteiger partial charge in [0.1, 0.15) is 0 Å². The third-order valence-electron chi connectivity index (χ3n) is 1.86. The molecule has 0 aliphatic carbocycles. The van der Waals surface area contributed by atoms with Crippen molar-refractivity contribution in [1.82, 2.24) is 4.98 Å². The van der Waals surface area contributed by atoms with Gasteiger partial charge in [-0.25, -0.2) is 4.98 Å². The zero-order valence-corrected chi connectivity index (χ0v) is 9.29. The molecule has 1 heterocycles. The van der Waals surface area contributed by atoms with Gasteiger partial charge in [0.05, 0.1) is 11.6 Å². The van der Waals surface area contributed by atoms with E-state index in [0.717, 1.165) is 10.6 Å². The molecule has 0 bridgehead atoms. The number of hydrogen-bond acceptors (Lipinski definition) is 4. The Morgan fingerprint density at radius 1 is 1.57 bits per heavy atom. The minimum absolute atomic E-state index is 0.0294. The van der Waals surface area contributed by atoms with E-state index in [2.05, 4.69) is 4.98 Å². The first-order valence-corrected chi connectivity index (χ1v) is 5.50. The molecule has 1 rings (SSSR count). The lowest BCUT2D eigenvalue weighted by Gasteiger charge is -2.09. The molecule has 0 amide bonds. The van der Waals surface area contributed by atoms with Crippen molar-refractivity contribution in [3.8, 4) is 0 Å². The molecule has 0 aromatic carbocycles. The number of nitrogens with two attached hydrogens (primary N) is 1. The summed E-state index contributed by atoms with van der Waals surface area (Å²) in [5, 5.41) is 9.99. The number of aliphatic hydroxyl groups is 1. The molecule has 1 aromatic heterocycles. The fraction of sp³-hybridized carbons (Fsp3) is 0.500. The van der Waals surface area contributed by atoms with Crippen LogP contribution in [0.1, 0.15) is 25.5 Å². The summed E-state index contributed by atoms with van der Waals surface area (Å²) in [6, 6.07) is 3.92. The molecule has 0 aliphatic heterocycles. The Morgan fingerprint density at radius 3 is 2.86 bits per heavy atom. The van der Waals surface area contributed by atoms with Gasteiger partial charge in [0.2, 0.25) is 0 Å². The van der Waals surface area contributed by atoms with E-state index in [1.807, 2.05) is 26.0 Å². The third-order valence-corrected chi connectivity index (χ3v) is 2.88. The number of thioether (sulfide) groups is 1. The first kappa shape index (κ1) is 11.5. The summed E-state index contributed by atoms with van der Waals surface area (Å²) in [6.45, 7) is 4.07. The molecule has 0 radical (unpaired) electrons. The second-order valence-electron chi connectivity index (χ2n) is 3.33. The van der Waals surface area contributed by atoms with Crippen molar-refractivity contribution in [2.45, 2.75) is 30.2 Å². The average Bonchev–Trinajstić information content (AvgIpc) is 2.18. The van der Waals surface area contributed by atoms with Crippen LogP contribution >= 0.6 is 11.8 Å². The van der Waals surface area contributed by atoms with Gasteiger partial charge in [-0.2, -0.15) is 0 Å². The van der Waals surface area contributed by atoms with Crippen LogP contribution in [0.4, 0.5) is 0 Å². The maximum absolute atomic E-state index is 8.90. The minimum Gasteiger partial charge on any atom is -0.395 e. The van der Waals surface area contributed by atoms with Gasteiger partial charge in [-0.3, -0.25) is 0 Å². The summed E-state index contributed by atoms with van der Waals surface area (Å²) < 4.78 is 0. The molecule has 0 aliphatic rings. The van der Waals surface area contributed by atoms with Crippen molar-refractivity contribution >= 4 is 11.8 Å². The number of aliphatic hydroxyl groups excluding tert-OH is 1. The number of hydrogen-bond donors (Lipinski definition) is 2. The Morgan fingerprint density at radius 2 is 2.29 bits per heavy atom. The van der Waals surface area contributed by atoms with Crippen LogP contribution in [0.3, 0.4) is 0 Å². The highest BCUT2D eigenvalue weighted by Crippen LogP contribution is 2.22. The Kier molecular flexibility index (Phi) is 4.38. The lowest BCUT2D eigenvalue weighted by Crippen LogP contribution is -2.06. The second kappa shape index (κ2) is 5.34. The number of nitrogens with zero attached hydrogens (tertiary/aromatic N) is 1. The predicted octanol–water partition coefficient (Wildman–Crippen LogP) is 1.57. The molecule has 0 saturated carbocycles. The van der Waals surface area contributed by atoms with Crippen LogP contribution in [0.25, 0.3) is 0 Å². The van der Waals surface area contributed by atoms with Crippen LogP contribution in [0.5, 0.6) is 0 Å². The number of rotatable bonds is 4. The zero-order valence-electron chi connectivity index (χ0n) is 8.47. The summed E-state index contributed by atoms with van der Waals surface area (Å²) in [4.78, 5) is 4.21. The fourth-order valence-electron chi connectivity index (χ4n) is 1.02. The standard InChI is InChI=1S/C10H16N2OS/c1-7(6-13)14-10-5-9(8(2)11)3-4-12-10/h3-5,7-8,13H,6,11H2,1-2H3. The van der Waals surface area contributed by atoms with E-state index in [-0.39, 0.29) is 17.9 Å². The maximum atomic E-state index is 8.90. The maximum Gasteiger partial charge on any atom is 0.0966 e. The van der Waals surface area contributed by atoms with Gasteiger partial charge in [0.15, 0.2) is 0 Å². The molecule has 3 N–H and O–H groups in total. The first-order chi connectivity index (χ1) is 6.63. The van der Waals surface area contributed by atoms with Gasteiger partial charge in [-0.05, 0) is 24.6 Å². The van der Waals surface area contributed by atoms with E-state index in [4.69, 9.17) is 10.8 Å². The van der Waals surface area contributed by atoms with E-state index in [0.29, 0.717) is 0 Å². The molecule has 0 spiro atoms. The smallest absolute Gasteiger partial charge is 0.0966 e. The molecule has 0 saturated heterocycles. The molecule has 1 aromatic rings. The highest BCUT2D eigenvalue weighted by Gasteiger charge is 2.06. The molecule has 2 atom stereocenters. The Hall–Kier alpha value is -0.580. The van der Waals surface area contributed by atoms with Crippen LogP contribution < -0.4 is 5.73 Å². The van der Waals surface area contributed by atoms with Crippen molar-refractivity contribution in [2.24, 2.45) is 5.73 Å². The van der Waals surface area contributed by atoms with E-state index in [1.165, 1.54) is 0 Å². The SMILES string of the molecule is CC(CO)Sc1cc(C(C)N)ccn1. The zero-order chi connectivity index (χ0) is 10.6. The summed E-state index contributed by atoms with van der Waals surface area (Å²) in [5.74, 6) is 0. The van der Waals surface area contributed by atoms with E-state index < -0.39 is 0 Å². The average molecular weight is 212 g/mol. The number of pyridine rings is 1. The topological polar surface area (TPSA) is 59.1 Å². The van der Waals surface area contributed by atoms with Crippen LogP contribution in [0.2, 0.25) is 0 Å². The lowest BCUT2D eigenvalue weighted by atomic mass is 10.1. The van der Waals surface area contributed by atoms with Crippen LogP contribution in [0, 0.1) is 0 Å². The molecule has 3 nitrogen and oxygen atoms in total. The number of aromatic nitrogens is 1. The summed E-state index contributed by atoms with van der Waals surface area (Å²) in [6.07, 6.45) is 1.76. The van der Waals surface area contributed by atoms with Crippen LogP contribution in [0.15, 0.2) is 23.4 Å². The Labute approximate surface area is 88.7 Å². The Bertz CT molecular complexity index is 291. The van der Waals surface area contributed by atoms with E-state index in [9.17, 15) is 0 Å². The molecule has 0 fully saturated rings. The quantitative estimate of drug-likeness (QED) is 0.744. The van der Waals surface area contributed by atoms with E-state index >= 15 is 0 Å². The predicted molar refractivity (Wildman–Crippen MR) is 59.2 cm³/mol. The van der Waals surface area contributed by atoms with Crippen molar-refractivity contribution in [2.75, 3.05) is 6.61 Å². The fourth-order valence-corrected chi connectivity index (χ4v) is 1.83. The van der Waals surface area contributed by atoms with Crippen molar-refractivity contribution in [3.05, 3.63) is 23.9 Å². The van der Waals surface area contributed by atoms with Gasteiger partial charge in [-0.15, -0.1) is 11.8 Å². The normalized spacial score (nSPS) is 15.1. The Balaban J connectivity index is 2.73. The van der Waals surface area contributed by atoms with Crippen molar-refractivity contribution in [3.63, 3.8) is 0 Å². The van der Waals surface area contributed by atoms with Gasteiger partial charge in [0, 0.05) is 17.5 Å². The largest absolute Gasteiger partial charge is 0.395 e. The third kappa shape index (κ3) is 3.29. The second-order valence-corrected chi connectivity index (χ2v) is 4.79. The van der Waals surface area contributed by atoms with Gasteiger partial charge >= 0.3 is 0 Å². The highest BCUT2D eigenvalue weighted by atomic mass is 32.2. The summed E-state index contributed by atoms with van der Waals surface area (Å²) in [5.41, 5.74) is 6.84. The van der Waals surface area contributed by atoms with Gasteiger partial charge < -0.3 is 10.8 Å². The van der Waals surface area contributed by atoms with Gasteiger partial charge in [0.25, 0.3) is 0 Å². The summed E-state index contributed by atoms with van der Waals surface area (Å²) >= 11 is 1.56. The van der Waals surface area contributed by atoms with Crippen LogP contribution in [-0.2, 0) is 0 Å². The lowest BCUT2D eigenvalue weighted by molar-refractivity contribution is 0.300. The van der Waals surface area contributed by atoms with Crippen molar-refractivity contribution in [1.29, 1.82) is 0 Å². The minimum atomic E-state index is 0.0294. The molecule has 14 heavy (non-hydrogen) atoms. The monoisotopic (exact) mass is 212 g/mol.